The van der Waals surface area contributed by atoms with Crippen LogP contribution in [-0.4, -0.2) is 12.3 Å². The van der Waals surface area contributed by atoms with Crippen LogP contribution in [0.2, 0.25) is 5.02 Å². The molecule has 3 nitrogen and oxygen atoms in total. The van der Waals surface area contributed by atoms with E-state index in [9.17, 15) is 0 Å². The molecule has 0 aromatic heterocycles. The van der Waals surface area contributed by atoms with E-state index >= 15 is 0 Å². The third-order valence-corrected chi connectivity index (χ3v) is 2.32. The molecule has 0 unspecified atom stereocenters. The lowest BCUT2D eigenvalue weighted by atomic mass is 10.1. The number of anilines is 1. The molecule has 4 N–H and O–H groups in total. The van der Waals surface area contributed by atoms with Gasteiger partial charge in [-0.2, -0.15) is 0 Å². The molecule has 0 saturated carbocycles. The molecule has 0 aliphatic carbocycles. The Morgan fingerprint density at radius 2 is 2.12 bits per heavy atom. The van der Waals surface area contributed by atoms with E-state index in [0.29, 0.717) is 10.7 Å². The quantitative estimate of drug-likeness (QED) is 0.627. The van der Waals surface area contributed by atoms with Crippen molar-refractivity contribution in [2.45, 2.75) is 19.9 Å². The first-order chi connectivity index (χ1) is 7.54. The lowest BCUT2D eigenvalue weighted by molar-refractivity contribution is 0.842. The van der Waals surface area contributed by atoms with Crippen molar-refractivity contribution in [1.29, 1.82) is 0 Å². The minimum absolute atomic E-state index is 0.217. The minimum Gasteiger partial charge on any atom is -0.404 e. The number of nitrogens with two attached hydrogens (primary N) is 2. The zero-order valence-electron chi connectivity index (χ0n) is 9.44. The van der Waals surface area contributed by atoms with Crippen LogP contribution >= 0.6 is 11.6 Å². The van der Waals surface area contributed by atoms with Gasteiger partial charge < -0.3 is 11.5 Å². The van der Waals surface area contributed by atoms with Gasteiger partial charge in [-0.1, -0.05) is 11.6 Å². The number of nitrogen functional groups attached to an aromatic ring is 1. The third kappa shape index (κ3) is 3.28. The Kier molecular flexibility index (Phi) is 4.38. The second-order valence-electron chi connectivity index (χ2n) is 3.73. The van der Waals surface area contributed by atoms with Gasteiger partial charge in [0, 0.05) is 40.3 Å². The summed E-state index contributed by atoms with van der Waals surface area (Å²) in [6.07, 6.45) is 3.19. The average molecular weight is 238 g/mol. The number of nitrogens with zero attached hydrogens (tertiary/aromatic N) is 1. The van der Waals surface area contributed by atoms with Gasteiger partial charge in [0.25, 0.3) is 0 Å². The second kappa shape index (κ2) is 5.56. The first-order valence-electron chi connectivity index (χ1n) is 5.05. The number of halogens is 1. The highest BCUT2D eigenvalue weighted by Crippen LogP contribution is 2.24. The zero-order chi connectivity index (χ0) is 12.1. The van der Waals surface area contributed by atoms with E-state index in [1.807, 2.05) is 13.8 Å². The fraction of sp³-hybridized carbons (Fsp3) is 0.250. The van der Waals surface area contributed by atoms with E-state index in [1.54, 1.807) is 24.4 Å². The Morgan fingerprint density at radius 3 is 2.69 bits per heavy atom. The highest BCUT2D eigenvalue weighted by Gasteiger charge is 2.04. The van der Waals surface area contributed by atoms with Crippen molar-refractivity contribution in [1.82, 2.24) is 0 Å². The summed E-state index contributed by atoms with van der Waals surface area (Å²) in [5.74, 6) is 0. The summed E-state index contributed by atoms with van der Waals surface area (Å²) in [6.45, 7) is 3.98. The summed E-state index contributed by atoms with van der Waals surface area (Å²) in [4.78, 5) is 4.27. The fourth-order valence-electron chi connectivity index (χ4n) is 1.20. The van der Waals surface area contributed by atoms with Crippen molar-refractivity contribution >= 4 is 29.1 Å². The van der Waals surface area contributed by atoms with Crippen molar-refractivity contribution < 1.29 is 0 Å². The van der Waals surface area contributed by atoms with Gasteiger partial charge >= 0.3 is 0 Å². The minimum atomic E-state index is 0.217. The van der Waals surface area contributed by atoms with Crippen LogP contribution in [0.5, 0.6) is 0 Å². The molecule has 0 bridgehead atoms. The lowest BCUT2D eigenvalue weighted by Crippen LogP contribution is -1.97. The van der Waals surface area contributed by atoms with Crippen LogP contribution in [0.4, 0.5) is 5.69 Å². The topological polar surface area (TPSA) is 64.4 Å². The Bertz CT molecular complexity index is 422. The van der Waals surface area contributed by atoms with Crippen molar-refractivity contribution in [3.63, 3.8) is 0 Å². The molecule has 0 aliphatic heterocycles. The number of rotatable bonds is 3. The average Bonchev–Trinajstić information content (AvgIpc) is 2.23. The van der Waals surface area contributed by atoms with E-state index in [-0.39, 0.29) is 6.04 Å². The Balaban J connectivity index is 3.10. The van der Waals surface area contributed by atoms with Gasteiger partial charge in [0.05, 0.1) is 0 Å². The van der Waals surface area contributed by atoms with Crippen molar-refractivity contribution in [2.75, 3.05) is 5.73 Å². The molecular weight excluding hydrogens is 222 g/mol. The molecule has 0 spiro atoms. The normalized spacial score (nSPS) is 12.6. The van der Waals surface area contributed by atoms with E-state index in [0.717, 1.165) is 11.1 Å². The Morgan fingerprint density at radius 1 is 1.44 bits per heavy atom. The van der Waals surface area contributed by atoms with Crippen LogP contribution in [0.1, 0.15) is 19.4 Å². The number of allylic oxidation sites excluding steroid dienone is 1. The van der Waals surface area contributed by atoms with Gasteiger partial charge in [-0.3, -0.25) is 4.99 Å². The zero-order valence-corrected chi connectivity index (χ0v) is 10.2. The van der Waals surface area contributed by atoms with Gasteiger partial charge in [-0.15, -0.1) is 0 Å². The molecule has 0 radical (unpaired) electrons. The molecule has 0 fully saturated rings. The molecule has 1 aromatic carbocycles. The summed E-state index contributed by atoms with van der Waals surface area (Å²) < 4.78 is 0. The largest absolute Gasteiger partial charge is 0.404 e. The number of aliphatic imine (C=N–C) groups is 1. The monoisotopic (exact) mass is 237 g/mol. The maximum atomic E-state index is 6.07. The van der Waals surface area contributed by atoms with E-state index < -0.39 is 0 Å². The molecule has 4 heteroatoms. The maximum Gasteiger partial charge on any atom is 0.0487 e. The molecule has 0 aliphatic rings. The summed E-state index contributed by atoms with van der Waals surface area (Å²) in [5, 5.41) is 0.612. The molecule has 16 heavy (non-hydrogen) atoms. The lowest BCUT2D eigenvalue weighted by Gasteiger charge is -2.06. The van der Waals surface area contributed by atoms with Crippen molar-refractivity contribution in [2.24, 2.45) is 10.7 Å². The maximum absolute atomic E-state index is 6.07. The molecule has 86 valence electrons. The van der Waals surface area contributed by atoms with E-state index in [1.165, 1.54) is 6.20 Å². The molecular formula is C12H16ClN3. The van der Waals surface area contributed by atoms with Crippen molar-refractivity contribution in [3.05, 3.63) is 35.0 Å². The van der Waals surface area contributed by atoms with Crippen molar-refractivity contribution in [3.8, 4) is 0 Å². The van der Waals surface area contributed by atoms with E-state index in [2.05, 4.69) is 4.99 Å². The van der Waals surface area contributed by atoms with Crippen LogP contribution in [0.15, 0.2) is 29.4 Å². The Hall–Kier alpha value is -1.48. The summed E-state index contributed by atoms with van der Waals surface area (Å²) in [5.41, 5.74) is 13.5. The van der Waals surface area contributed by atoms with Gasteiger partial charge in [0.1, 0.15) is 0 Å². The van der Waals surface area contributed by atoms with Crippen LogP contribution in [0.25, 0.3) is 5.57 Å². The SMILES string of the molecule is CC(C)N=C/C(=C\N)c1cc(N)ccc1Cl. The first kappa shape index (κ1) is 12.6. The molecule has 0 amide bonds. The highest BCUT2D eigenvalue weighted by atomic mass is 35.5. The number of benzene rings is 1. The smallest absolute Gasteiger partial charge is 0.0487 e. The van der Waals surface area contributed by atoms with Crippen LogP contribution < -0.4 is 11.5 Å². The molecule has 0 atom stereocenters. The molecule has 1 aromatic rings. The predicted molar refractivity (Wildman–Crippen MR) is 71.7 cm³/mol. The predicted octanol–water partition coefficient (Wildman–Crippen LogP) is 2.70. The number of hydrogen-bond acceptors (Lipinski definition) is 3. The molecule has 0 heterocycles. The number of hydrogen-bond donors (Lipinski definition) is 2. The summed E-state index contributed by atoms with van der Waals surface area (Å²) >= 11 is 6.07. The summed E-state index contributed by atoms with van der Waals surface area (Å²) in [7, 11) is 0. The van der Waals surface area contributed by atoms with Gasteiger partial charge in [0.15, 0.2) is 0 Å². The third-order valence-electron chi connectivity index (χ3n) is 1.99. The second-order valence-corrected chi connectivity index (χ2v) is 4.14. The van der Waals surface area contributed by atoms with Gasteiger partial charge in [-0.05, 0) is 32.0 Å². The van der Waals surface area contributed by atoms with Gasteiger partial charge in [-0.25, -0.2) is 0 Å². The van der Waals surface area contributed by atoms with Crippen LogP contribution in [0.3, 0.4) is 0 Å². The van der Waals surface area contributed by atoms with Crippen LogP contribution in [0, 0.1) is 0 Å². The fourth-order valence-corrected chi connectivity index (χ4v) is 1.42. The van der Waals surface area contributed by atoms with E-state index in [4.69, 9.17) is 23.1 Å². The summed E-state index contributed by atoms with van der Waals surface area (Å²) in [6, 6.07) is 5.50. The van der Waals surface area contributed by atoms with Gasteiger partial charge in [0.2, 0.25) is 0 Å². The highest BCUT2D eigenvalue weighted by molar-refractivity contribution is 6.34. The first-order valence-corrected chi connectivity index (χ1v) is 5.43. The molecule has 0 saturated heterocycles. The molecule has 1 rings (SSSR count). The van der Waals surface area contributed by atoms with Crippen LogP contribution in [-0.2, 0) is 0 Å². The Labute approximate surface area is 101 Å². The standard InChI is InChI=1S/C12H16ClN3/c1-8(2)16-7-9(6-14)11-5-10(15)3-4-12(11)13/h3-8H,14-15H2,1-2H3/b9-6+,16-7?.